The van der Waals surface area contributed by atoms with Crippen molar-refractivity contribution < 1.29 is 28.2 Å². The minimum atomic E-state index is -0.991. The van der Waals surface area contributed by atoms with Gasteiger partial charge in [0, 0.05) is 6.42 Å². The average Bonchev–Trinajstić information content (AvgIpc) is 2.78. The number of nitrogens with one attached hydrogen (secondary N) is 2. The van der Waals surface area contributed by atoms with Crippen molar-refractivity contribution in [1.82, 2.24) is 10.6 Å². The summed E-state index contributed by atoms with van der Waals surface area (Å²) < 4.78 is 23.2. The van der Waals surface area contributed by atoms with Crippen LogP contribution in [-0.4, -0.2) is 37.2 Å². The van der Waals surface area contributed by atoms with E-state index >= 15 is 0 Å². The molecule has 2 aromatic rings. The van der Waals surface area contributed by atoms with E-state index in [2.05, 4.69) is 10.6 Å². The van der Waals surface area contributed by atoms with E-state index in [9.17, 15) is 18.8 Å². The summed E-state index contributed by atoms with van der Waals surface area (Å²) in [6.07, 6.45) is -0.273. The van der Waals surface area contributed by atoms with Crippen LogP contribution >= 0.6 is 0 Å². The van der Waals surface area contributed by atoms with Crippen molar-refractivity contribution >= 4 is 18.0 Å². The van der Waals surface area contributed by atoms with Crippen molar-refractivity contribution in [3.8, 4) is 0 Å². The first kappa shape index (κ1) is 24.8. The third kappa shape index (κ3) is 8.37. The van der Waals surface area contributed by atoms with E-state index in [1.165, 1.54) is 31.4 Å². The van der Waals surface area contributed by atoms with E-state index < -0.39 is 35.9 Å². The Morgan fingerprint density at radius 1 is 0.906 bits per heavy atom. The van der Waals surface area contributed by atoms with E-state index in [0.717, 1.165) is 5.56 Å². The molecule has 0 heterocycles. The number of benzene rings is 2. The molecule has 2 N–H and O–H groups in total. The van der Waals surface area contributed by atoms with Gasteiger partial charge in [-0.1, -0.05) is 56.3 Å². The molecule has 0 saturated heterocycles. The van der Waals surface area contributed by atoms with Gasteiger partial charge in [0.15, 0.2) is 0 Å². The van der Waals surface area contributed by atoms with E-state index in [0.29, 0.717) is 12.0 Å². The van der Waals surface area contributed by atoms with Crippen LogP contribution in [0.2, 0.25) is 0 Å². The molecule has 0 unspecified atom stereocenters. The molecule has 0 bridgehead atoms. The lowest BCUT2D eigenvalue weighted by Crippen LogP contribution is -2.53. The quantitative estimate of drug-likeness (QED) is 0.548. The van der Waals surface area contributed by atoms with Crippen LogP contribution in [0.3, 0.4) is 0 Å². The second-order valence-electron chi connectivity index (χ2n) is 7.80. The lowest BCUT2D eigenvalue weighted by atomic mass is 10.0. The van der Waals surface area contributed by atoms with E-state index in [-0.39, 0.29) is 18.9 Å². The Morgan fingerprint density at radius 2 is 1.56 bits per heavy atom. The number of carbonyl (C=O) groups is 3. The molecule has 0 aliphatic carbocycles. The summed E-state index contributed by atoms with van der Waals surface area (Å²) in [6, 6.07) is 12.9. The molecule has 0 aliphatic rings. The van der Waals surface area contributed by atoms with Crippen LogP contribution in [0.15, 0.2) is 54.6 Å². The maximum atomic E-state index is 13.2. The summed E-state index contributed by atoms with van der Waals surface area (Å²) in [5.41, 5.74) is 1.47. The van der Waals surface area contributed by atoms with Crippen molar-refractivity contribution in [2.45, 2.75) is 45.4 Å². The molecule has 0 fully saturated rings. The summed E-state index contributed by atoms with van der Waals surface area (Å²) in [6.45, 7) is 3.89. The monoisotopic (exact) mass is 444 g/mol. The fourth-order valence-corrected chi connectivity index (χ4v) is 3.07. The number of esters is 1. The average molecular weight is 445 g/mol. The van der Waals surface area contributed by atoms with Gasteiger partial charge < -0.3 is 20.1 Å². The summed E-state index contributed by atoms with van der Waals surface area (Å²) in [5.74, 6) is -1.48. The van der Waals surface area contributed by atoms with Crippen molar-refractivity contribution in [2.75, 3.05) is 7.11 Å². The van der Waals surface area contributed by atoms with Gasteiger partial charge in [-0.2, -0.15) is 0 Å². The lowest BCUT2D eigenvalue weighted by molar-refractivity contribution is -0.145. The van der Waals surface area contributed by atoms with Gasteiger partial charge in [0.1, 0.15) is 24.5 Å². The summed E-state index contributed by atoms with van der Waals surface area (Å²) >= 11 is 0. The predicted molar refractivity (Wildman–Crippen MR) is 117 cm³/mol. The van der Waals surface area contributed by atoms with Crippen LogP contribution in [0.25, 0.3) is 0 Å². The molecule has 0 saturated carbocycles. The van der Waals surface area contributed by atoms with Crippen LogP contribution in [0, 0.1) is 11.7 Å². The van der Waals surface area contributed by atoms with Gasteiger partial charge in [-0.15, -0.1) is 0 Å². The third-order valence-corrected chi connectivity index (χ3v) is 4.68. The van der Waals surface area contributed by atoms with Crippen LogP contribution in [0.1, 0.15) is 31.4 Å². The fourth-order valence-electron chi connectivity index (χ4n) is 3.07. The van der Waals surface area contributed by atoms with Gasteiger partial charge in [0.25, 0.3) is 0 Å². The highest BCUT2D eigenvalue weighted by atomic mass is 19.1. The van der Waals surface area contributed by atoms with Gasteiger partial charge >= 0.3 is 12.1 Å². The van der Waals surface area contributed by atoms with Crippen LogP contribution in [-0.2, 0) is 32.1 Å². The number of rotatable bonds is 10. The van der Waals surface area contributed by atoms with E-state index in [1.54, 1.807) is 0 Å². The summed E-state index contributed by atoms with van der Waals surface area (Å²) in [5, 5.41) is 5.22. The Bertz CT molecular complexity index is 887. The summed E-state index contributed by atoms with van der Waals surface area (Å²) in [7, 11) is 1.22. The number of hydrogen-bond donors (Lipinski definition) is 2. The smallest absolute Gasteiger partial charge is 0.408 e. The number of carbonyl (C=O) groups excluding carboxylic acids is 3. The first-order valence-electron chi connectivity index (χ1n) is 10.4. The Kier molecular flexibility index (Phi) is 9.66. The molecule has 0 spiro atoms. The minimum Gasteiger partial charge on any atom is -0.467 e. The van der Waals surface area contributed by atoms with Crippen molar-refractivity contribution in [1.29, 1.82) is 0 Å². The van der Waals surface area contributed by atoms with Gasteiger partial charge in [-0.3, -0.25) is 4.79 Å². The fraction of sp³-hybridized carbons (Fsp3) is 0.375. The molecular weight excluding hydrogens is 415 g/mol. The number of ether oxygens (including phenoxy) is 2. The van der Waals surface area contributed by atoms with Crippen molar-refractivity contribution in [2.24, 2.45) is 5.92 Å². The molecule has 0 aromatic heterocycles. The first-order chi connectivity index (χ1) is 15.3. The zero-order chi connectivity index (χ0) is 23.5. The SMILES string of the molecule is COC(=O)[C@H](Cc1ccc(F)cc1)NC(=O)[C@H](CC(C)C)NC(=O)OCc1ccccc1. The highest BCUT2D eigenvalue weighted by Gasteiger charge is 2.28. The van der Waals surface area contributed by atoms with Crippen molar-refractivity contribution in [3.05, 3.63) is 71.5 Å². The Labute approximate surface area is 187 Å². The zero-order valence-corrected chi connectivity index (χ0v) is 18.5. The maximum Gasteiger partial charge on any atom is 0.408 e. The van der Waals surface area contributed by atoms with Gasteiger partial charge in [-0.05, 0) is 35.6 Å². The van der Waals surface area contributed by atoms with E-state index in [1.807, 2.05) is 44.2 Å². The summed E-state index contributed by atoms with van der Waals surface area (Å²) in [4.78, 5) is 37.4. The third-order valence-electron chi connectivity index (χ3n) is 4.68. The van der Waals surface area contributed by atoms with Crippen LogP contribution in [0.5, 0.6) is 0 Å². The number of hydrogen-bond acceptors (Lipinski definition) is 5. The van der Waals surface area contributed by atoms with Gasteiger partial charge in [-0.25, -0.2) is 14.0 Å². The van der Waals surface area contributed by atoms with Crippen LogP contribution < -0.4 is 10.6 Å². The van der Waals surface area contributed by atoms with E-state index in [4.69, 9.17) is 9.47 Å². The number of halogens is 1. The molecule has 7 nitrogen and oxygen atoms in total. The Morgan fingerprint density at radius 3 is 2.16 bits per heavy atom. The van der Waals surface area contributed by atoms with Crippen molar-refractivity contribution in [3.63, 3.8) is 0 Å². The first-order valence-corrected chi connectivity index (χ1v) is 10.4. The molecule has 172 valence electrons. The highest BCUT2D eigenvalue weighted by molar-refractivity contribution is 5.89. The van der Waals surface area contributed by atoms with Gasteiger partial charge in [0.2, 0.25) is 5.91 Å². The number of amides is 2. The standard InChI is InChI=1S/C24H29FN2O5/c1-16(2)13-20(27-24(30)32-15-18-7-5-4-6-8-18)22(28)26-21(23(29)31-3)14-17-9-11-19(25)12-10-17/h4-12,16,20-21H,13-15H2,1-3H3,(H,26,28)(H,27,30)/t20-,21-/m0/s1. The zero-order valence-electron chi connectivity index (χ0n) is 18.5. The Hall–Kier alpha value is -3.42. The highest BCUT2D eigenvalue weighted by Crippen LogP contribution is 2.10. The van der Waals surface area contributed by atoms with Gasteiger partial charge in [0.05, 0.1) is 7.11 Å². The van der Waals surface area contributed by atoms with Crippen LogP contribution in [0.4, 0.5) is 9.18 Å². The predicted octanol–water partition coefficient (Wildman–Crippen LogP) is 3.37. The molecule has 2 amide bonds. The second kappa shape index (κ2) is 12.4. The molecule has 0 radical (unpaired) electrons. The molecule has 2 atom stereocenters. The minimum absolute atomic E-state index is 0.0675. The Balaban J connectivity index is 2.03. The number of methoxy groups -OCH3 is 1. The molecule has 0 aliphatic heterocycles. The molecule has 8 heteroatoms. The molecule has 2 rings (SSSR count). The maximum absolute atomic E-state index is 13.2. The lowest BCUT2D eigenvalue weighted by Gasteiger charge is -2.23. The molecular formula is C24H29FN2O5. The molecule has 2 aromatic carbocycles. The largest absolute Gasteiger partial charge is 0.467 e. The normalized spacial score (nSPS) is 12.5. The number of alkyl carbamates (subject to hydrolysis) is 1. The topological polar surface area (TPSA) is 93.7 Å². The second-order valence-corrected chi connectivity index (χ2v) is 7.80. The molecule has 32 heavy (non-hydrogen) atoms.